The second kappa shape index (κ2) is 4.00. The van der Waals surface area contributed by atoms with E-state index in [4.69, 9.17) is 0 Å². The van der Waals surface area contributed by atoms with Crippen molar-refractivity contribution in [3.63, 3.8) is 0 Å². The maximum absolute atomic E-state index is 11.7. The summed E-state index contributed by atoms with van der Waals surface area (Å²) in [4.78, 5) is 16.2. The number of aliphatic imine (C=N–C) groups is 1. The SMILES string of the molecule is CC(=O)C1(C)N=C(c2ccccc2)C(C)(C)N1O. The highest BCUT2D eigenvalue weighted by atomic mass is 16.5. The second-order valence-electron chi connectivity index (χ2n) is 5.27. The first-order valence-electron chi connectivity index (χ1n) is 5.96. The number of Topliss-reactive ketones (excluding diaryl/α,β-unsaturated/α-hetero) is 1. The number of carbonyl (C=O) groups is 1. The van der Waals surface area contributed by atoms with Gasteiger partial charge < -0.3 is 5.21 Å². The third-order valence-electron chi connectivity index (χ3n) is 3.57. The Morgan fingerprint density at radius 3 is 2.22 bits per heavy atom. The molecule has 1 aliphatic rings. The van der Waals surface area contributed by atoms with Crippen LogP contribution in [0.4, 0.5) is 0 Å². The van der Waals surface area contributed by atoms with Gasteiger partial charge >= 0.3 is 0 Å². The Labute approximate surface area is 107 Å². The van der Waals surface area contributed by atoms with Crippen LogP contribution >= 0.6 is 0 Å². The van der Waals surface area contributed by atoms with Gasteiger partial charge in [-0.2, -0.15) is 0 Å². The Bertz CT molecular complexity index is 508. The van der Waals surface area contributed by atoms with Crippen LogP contribution in [-0.2, 0) is 4.79 Å². The molecule has 0 aromatic heterocycles. The molecular formula is C14H18N2O2. The lowest BCUT2D eigenvalue weighted by Crippen LogP contribution is -2.54. The van der Waals surface area contributed by atoms with Crippen LogP contribution in [0.3, 0.4) is 0 Å². The van der Waals surface area contributed by atoms with Gasteiger partial charge in [-0.3, -0.25) is 9.79 Å². The van der Waals surface area contributed by atoms with Gasteiger partial charge in [0, 0.05) is 0 Å². The number of hydrogen-bond donors (Lipinski definition) is 1. The largest absolute Gasteiger partial charge is 0.310 e. The molecule has 1 aliphatic heterocycles. The second-order valence-corrected chi connectivity index (χ2v) is 5.27. The maximum atomic E-state index is 11.7. The number of hydroxylamine groups is 2. The van der Waals surface area contributed by atoms with Gasteiger partial charge in [0.2, 0.25) is 0 Å². The first kappa shape index (κ1) is 12.9. The zero-order valence-corrected chi connectivity index (χ0v) is 11.1. The lowest BCUT2D eigenvalue weighted by molar-refractivity contribution is -0.195. The van der Waals surface area contributed by atoms with Crippen LogP contribution < -0.4 is 0 Å². The molecule has 4 nitrogen and oxygen atoms in total. The Kier molecular flexibility index (Phi) is 2.87. The van der Waals surface area contributed by atoms with Crippen LogP contribution in [0, 0.1) is 0 Å². The van der Waals surface area contributed by atoms with Crippen LogP contribution in [0.25, 0.3) is 0 Å². The minimum absolute atomic E-state index is 0.177. The molecule has 1 atom stereocenters. The molecule has 18 heavy (non-hydrogen) atoms. The molecule has 1 aromatic carbocycles. The molecule has 96 valence electrons. The monoisotopic (exact) mass is 246 g/mol. The van der Waals surface area contributed by atoms with E-state index in [1.54, 1.807) is 6.92 Å². The fraction of sp³-hybridized carbons (Fsp3) is 0.429. The minimum Gasteiger partial charge on any atom is -0.310 e. The van der Waals surface area contributed by atoms with Crippen LogP contribution in [0.1, 0.15) is 33.3 Å². The van der Waals surface area contributed by atoms with E-state index in [0.29, 0.717) is 0 Å². The highest BCUT2D eigenvalue weighted by molar-refractivity contribution is 6.10. The van der Waals surface area contributed by atoms with E-state index < -0.39 is 11.2 Å². The molecule has 2 rings (SSSR count). The van der Waals surface area contributed by atoms with Crippen molar-refractivity contribution in [2.24, 2.45) is 4.99 Å². The molecule has 0 amide bonds. The third-order valence-corrected chi connectivity index (χ3v) is 3.57. The van der Waals surface area contributed by atoms with Gasteiger partial charge in [-0.15, -0.1) is 5.06 Å². The minimum atomic E-state index is -1.20. The van der Waals surface area contributed by atoms with Crippen molar-refractivity contribution in [2.75, 3.05) is 0 Å². The zero-order valence-electron chi connectivity index (χ0n) is 11.1. The average Bonchev–Trinajstić information content (AvgIpc) is 2.52. The van der Waals surface area contributed by atoms with Gasteiger partial charge in [-0.25, -0.2) is 0 Å². The molecule has 0 aliphatic carbocycles. The summed E-state index contributed by atoms with van der Waals surface area (Å²) in [5.74, 6) is -0.177. The van der Waals surface area contributed by atoms with Gasteiger partial charge in [-0.05, 0) is 33.3 Å². The first-order valence-corrected chi connectivity index (χ1v) is 5.96. The van der Waals surface area contributed by atoms with Crippen LogP contribution in [0.2, 0.25) is 0 Å². The summed E-state index contributed by atoms with van der Waals surface area (Å²) in [6, 6.07) is 9.62. The molecule has 0 spiro atoms. The number of rotatable bonds is 2. The van der Waals surface area contributed by atoms with Crippen molar-refractivity contribution < 1.29 is 10.0 Å². The van der Waals surface area contributed by atoms with Gasteiger partial charge in [0.25, 0.3) is 0 Å². The van der Waals surface area contributed by atoms with E-state index >= 15 is 0 Å². The number of carbonyl (C=O) groups excluding carboxylic acids is 1. The van der Waals surface area contributed by atoms with Crippen molar-refractivity contribution in [3.05, 3.63) is 35.9 Å². The summed E-state index contributed by atoms with van der Waals surface area (Å²) in [7, 11) is 0. The number of hydrogen-bond acceptors (Lipinski definition) is 4. The molecule has 1 N–H and O–H groups in total. The summed E-state index contributed by atoms with van der Waals surface area (Å²) in [6.07, 6.45) is 0. The molecule has 0 saturated heterocycles. The highest BCUT2D eigenvalue weighted by Crippen LogP contribution is 2.36. The van der Waals surface area contributed by atoms with Crippen LogP contribution in [-0.4, -0.2) is 33.0 Å². The Hall–Kier alpha value is -1.52. The van der Waals surface area contributed by atoms with E-state index in [1.165, 1.54) is 6.92 Å². The molecule has 0 saturated carbocycles. The molecule has 1 heterocycles. The number of benzene rings is 1. The van der Waals surface area contributed by atoms with Gasteiger partial charge in [0.05, 0.1) is 11.3 Å². The smallest absolute Gasteiger partial charge is 0.191 e. The van der Waals surface area contributed by atoms with Crippen LogP contribution in [0.5, 0.6) is 0 Å². The molecule has 1 unspecified atom stereocenters. The van der Waals surface area contributed by atoms with E-state index in [2.05, 4.69) is 4.99 Å². The molecule has 0 radical (unpaired) electrons. The standard InChI is InChI=1S/C14H18N2O2/c1-10(17)14(4)15-12(13(2,3)16(14)18)11-8-6-5-7-9-11/h5-9,18H,1-4H3. The summed E-state index contributed by atoms with van der Waals surface area (Å²) in [5, 5.41) is 11.3. The molecule has 0 bridgehead atoms. The first-order chi connectivity index (χ1) is 8.30. The fourth-order valence-electron chi connectivity index (χ4n) is 2.29. The third kappa shape index (κ3) is 1.69. The predicted octanol–water partition coefficient (Wildman–Crippen LogP) is 2.26. The zero-order chi connectivity index (χ0) is 13.6. The lowest BCUT2D eigenvalue weighted by atomic mass is 9.92. The predicted molar refractivity (Wildman–Crippen MR) is 69.8 cm³/mol. The number of nitrogens with zero attached hydrogens (tertiary/aromatic N) is 2. The van der Waals surface area contributed by atoms with Crippen molar-refractivity contribution >= 4 is 11.5 Å². The van der Waals surface area contributed by atoms with E-state index in [0.717, 1.165) is 16.3 Å². The fourth-order valence-corrected chi connectivity index (χ4v) is 2.29. The topological polar surface area (TPSA) is 52.9 Å². The molecular weight excluding hydrogens is 228 g/mol. The van der Waals surface area contributed by atoms with Crippen molar-refractivity contribution in [3.8, 4) is 0 Å². The van der Waals surface area contributed by atoms with Crippen molar-refractivity contribution in [1.29, 1.82) is 0 Å². The average molecular weight is 246 g/mol. The van der Waals surface area contributed by atoms with Gasteiger partial charge in [0.15, 0.2) is 11.4 Å². The van der Waals surface area contributed by atoms with Gasteiger partial charge in [-0.1, -0.05) is 30.3 Å². The normalized spacial score (nSPS) is 27.1. The van der Waals surface area contributed by atoms with Crippen molar-refractivity contribution in [1.82, 2.24) is 5.06 Å². The highest BCUT2D eigenvalue weighted by Gasteiger charge is 2.52. The summed E-state index contributed by atoms with van der Waals surface area (Å²) in [5.41, 5.74) is -0.244. The number of ketones is 1. The van der Waals surface area contributed by atoms with Crippen LogP contribution in [0.15, 0.2) is 35.3 Å². The van der Waals surface area contributed by atoms with E-state index in [1.807, 2.05) is 44.2 Å². The Morgan fingerprint density at radius 1 is 1.22 bits per heavy atom. The summed E-state index contributed by atoms with van der Waals surface area (Å²) >= 11 is 0. The van der Waals surface area contributed by atoms with E-state index in [9.17, 15) is 10.0 Å². The summed E-state index contributed by atoms with van der Waals surface area (Å²) in [6.45, 7) is 6.78. The lowest BCUT2D eigenvalue weighted by Gasteiger charge is -2.34. The summed E-state index contributed by atoms with van der Waals surface area (Å²) < 4.78 is 0. The van der Waals surface area contributed by atoms with E-state index in [-0.39, 0.29) is 5.78 Å². The molecule has 0 fully saturated rings. The Morgan fingerprint density at radius 2 is 1.78 bits per heavy atom. The maximum Gasteiger partial charge on any atom is 0.191 e. The Balaban J connectivity index is 2.57. The molecule has 4 heteroatoms. The van der Waals surface area contributed by atoms with Gasteiger partial charge in [0.1, 0.15) is 0 Å². The molecule has 1 aromatic rings. The van der Waals surface area contributed by atoms with Crippen molar-refractivity contribution in [2.45, 2.75) is 38.9 Å². The quantitative estimate of drug-likeness (QED) is 0.870.